The van der Waals surface area contributed by atoms with Crippen molar-refractivity contribution in [1.29, 1.82) is 0 Å². The van der Waals surface area contributed by atoms with Gasteiger partial charge in [0.1, 0.15) is 6.10 Å². The summed E-state index contributed by atoms with van der Waals surface area (Å²) in [6.07, 6.45) is -1.13. The average Bonchev–Trinajstić information content (AvgIpc) is 2.34. The summed E-state index contributed by atoms with van der Waals surface area (Å²) in [5.41, 5.74) is 0. The van der Waals surface area contributed by atoms with Gasteiger partial charge in [-0.05, 0) is 22.4 Å². The molecule has 0 radical (unpaired) electrons. The Kier molecular flexibility index (Phi) is 2.83. The third kappa shape index (κ3) is 2.35. The Bertz CT molecular complexity index is 131. The highest BCUT2D eigenvalue weighted by atomic mass is 79.9. The maximum Gasteiger partial charge on any atom is 0.327 e. The maximum absolute atomic E-state index is 12.4. The van der Waals surface area contributed by atoms with Crippen molar-refractivity contribution in [3.63, 3.8) is 0 Å². The van der Waals surface area contributed by atoms with E-state index in [1.54, 1.807) is 0 Å². The first-order valence-corrected chi connectivity index (χ1v) is 4.13. The van der Waals surface area contributed by atoms with Crippen LogP contribution < -0.4 is 0 Å². The minimum absolute atomic E-state index is 0.225. The molecule has 66 valence electrons. The maximum atomic E-state index is 12.4. The average molecular weight is 231 g/mol. The summed E-state index contributed by atoms with van der Waals surface area (Å²) in [6, 6.07) is 0. The Morgan fingerprint density at radius 2 is 2.27 bits per heavy atom. The smallest absolute Gasteiger partial charge is 0.327 e. The molecule has 1 rings (SSSR count). The lowest BCUT2D eigenvalue weighted by Crippen LogP contribution is -2.34. The van der Waals surface area contributed by atoms with Crippen molar-refractivity contribution in [2.24, 2.45) is 5.92 Å². The molecule has 1 fully saturated rings. The summed E-state index contributed by atoms with van der Waals surface area (Å²) in [5, 5.41) is 9.01. The molecular weight excluding hydrogens is 222 g/mol. The van der Waals surface area contributed by atoms with E-state index in [0.29, 0.717) is 13.0 Å². The van der Waals surface area contributed by atoms with E-state index in [1.165, 1.54) is 0 Å². The van der Waals surface area contributed by atoms with Crippen molar-refractivity contribution in [1.82, 2.24) is 0 Å². The molecule has 0 bridgehead atoms. The topological polar surface area (TPSA) is 29.5 Å². The predicted octanol–water partition coefficient (Wildman–Crippen LogP) is 1.37. The van der Waals surface area contributed by atoms with Gasteiger partial charge >= 0.3 is 4.83 Å². The number of rotatable bonds is 2. The molecule has 0 amide bonds. The standard InChI is InChI=1S/C6H9BrF2O2/c7-6(8,9)5(10)4-1-2-11-3-4/h4-5,10H,1-3H2. The normalized spacial score (nSPS) is 28.9. The first-order valence-electron chi connectivity index (χ1n) is 3.34. The highest BCUT2D eigenvalue weighted by Crippen LogP contribution is 2.33. The summed E-state index contributed by atoms with van der Waals surface area (Å²) < 4.78 is 29.6. The second-order valence-electron chi connectivity index (χ2n) is 2.61. The van der Waals surface area contributed by atoms with Gasteiger partial charge in [-0.2, -0.15) is 8.78 Å². The van der Waals surface area contributed by atoms with Crippen LogP contribution in [-0.4, -0.2) is 29.3 Å². The fraction of sp³-hybridized carbons (Fsp3) is 1.00. The van der Waals surface area contributed by atoms with Crippen LogP contribution in [0.15, 0.2) is 0 Å². The summed E-state index contributed by atoms with van der Waals surface area (Å²) in [7, 11) is 0. The lowest BCUT2D eigenvalue weighted by molar-refractivity contribution is -0.0601. The number of aliphatic hydroxyl groups is 1. The van der Waals surface area contributed by atoms with Gasteiger partial charge in [0.2, 0.25) is 0 Å². The van der Waals surface area contributed by atoms with Crippen LogP contribution in [0.1, 0.15) is 6.42 Å². The van der Waals surface area contributed by atoms with Crippen molar-refractivity contribution in [2.75, 3.05) is 13.2 Å². The Labute approximate surface area is 71.7 Å². The molecule has 0 spiro atoms. The molecule has 1 saturated heterocycles. The molecule has 0 aromatic rings. The van der Waals surface area contributed by atoms with Crippen molar-refractivity contribution >= 4 is 15.9 Å². The van der Waals surface area contributed by atoms with E-state index < -0.39 is 16.9 Å². The van der Waals surface area contributed by atoms with Gasteiger partial charge in [0.15, 0.2) is 0 Å². The minimum atomic E-state index is -3.19. The van der Waals surface area contributed by atoms with E-state index in [1.807, 2.05) is 0 Å². The van der Waals surface area contributed by atoms with Gasteiger partial charge < -0.3 is 9.84 Å². The van der Waals surface area contributed by atoms with Gasteiger partial charge in [-0.25, -0.2) is 0 Å². The van der Waals surface area contributed by atoms with E-state index >= 15 is 0 Å². The second kappa shape index (κ2) is 3.33. The second-order valence-corrected chi connectivity index (χ2v) is 3.67. The number of hydrogen-bond donors (Lipinski definition) is 1. The summed E-state index contributed by atoms with van der Waals surface area (Å²) in [4.78, 5) is -3.19. The van der Waals surface area contributed by atoms with Crippen LogP contribution in [0.2, 0.25) is 0 Å². The van der Waals surface area contributed by atoms with Crippen molar-refractivity contribution in [3.8, 4) is 0 Å². The van der Waals surface area contributed by atoms with Gasteiger partial charge in [0, 0.05) is 12.5 Å². The van der Waals surface area contributed by atoms with Crippen LogP contribution in [0.3, 0.4) is 0 Å². The Hall–Kier alpha value is 0.260. The van der Waals surface area contributed by atoms with Gasteiger partial charge in [-0.15, -0.1) is 0 Å². The molecule has 11 heavy (non-hydrogen) atoms. The molecule has 1 aliphatic heterocycles. The zero-order valence-electron chi connectivity index (χ0n) is 5.77. The van der Waals surface area contributed by atoms with Gasteiger partial charge in [-0.3, -0.25) is 0 Å². The highest BCUT2D eigenvalue weighted by Gasteiger charge is 2.41. The number of halogens is 3. The molecule has 1 heterocycles. The molecule has 0 aromatic carbocycles. The lowest BCUT2D eigenvalue weighted by Gasteiger charge is -2.20. The van der Waals surface area contributed by atoms with E-state index in [-0.39, 0.29) is 6.61 Å². The predicted molar refractivity (Wildman–Crippen MR) is 38.8 cm³/mol. The number of ether oxygens (including phenoxy) is 1. The van der Waals surface area contributed by atoms with E-state index in [4.69, 9.17) is 9.84 Å². The molecule has 5 heteroatoms. The fourth-order valence-corrected chi connectivity index (χ4v) is 1.44. The lowest BCUT2D eigenvalue weighted by atomic mass is 10.0. The Morgan fingerprint density at radius 1 is 1.64 bits per heavy atom. The first-order chi connectivity index (χ1) is 5.02. The van der Waals surface area contributed by atoms with Crippen LogP contribution >= 0.6 is 15.9 Å². The SMILES string of the molecule is OC(C1CCOC1)C(F)(F)Br. The molecule has 1 N–H and O–H groups in total. The van der Waals surface area contributed by atoms with E-state index in [0.717, 1.165) is 0 Å². The van der Waals surface area contributed by atoms with Crippen LogP contribution in [0.5, 0.6) is 0 Å². The monoisotopic (exact) mass is 230 g/mol. The van der Waals surface area contributed by atoms with E-state index in [9.17, 15) is 8.78 Å². The summed E-state index contributed by atoms with van der Waals surface area (Å²) in [5.74, 6) is -0.440. The molecule has 2 nitrogen and oxygen atoms in total. The quantitative estimate of drug-likeness (QED) is 0.727. The Morgan fingerprint density at radius 3 is 2.64 bits per heavy atom. The third-order valence-corrected chi connectivity index (χ3v) is 2.22. The van der Waals surface area contributed by atoms with Gasteiger partial charge in [0.05, 0.1) is 6.61 Å². The number of aliphatic hydroxyl groups excluding tert-OH is 1. The van der Waals surface area contributed by atoms with Crippen LogP contribution in [-0.2, 0) is 4.74 Å². The molecule has 1 aliphatic rings. The Balaban J connectivity index is 2.46. The minimum Gasteiger partial charge on any atom is -0.385 e. The third-order valence-electron chi connectivity index (χ3n) is 1.75. The molecule has 2 atom stereocenters. The molecule has 2 unspecified atom stereocenters. The van der Waals surface area contributed by atoms with Gasteiger partial charge in [-0.1, -0.05) is 0 Å². The van der Waals surface area contributed by atoms with Crippen molar-refractivity contribution in [3.05, 3.63) is 0 Å². The zero-order valence-corrected chi connectivity index (χ0v) is 7.35. The first kappa shape index (κ1) is 9.35. The number of alkyl halides is 3. The molecule has 0 aromatic heterocycles. The number of hydrogen-bond acceptors (Lipinski definition) is 2. The molecule has 0 aliphatic carbocycles. The molecule has 0 saturated carbocycles. The zero-order chi connectivity index (χ0) is 8.48. The fourth-order valence-electron chi connectivity index (χ4n) is 1.07. The van der Waals surface area contributed by atoms with Crippen molar-refractivity contribution < 1.29 is 18.6 Å². The largest absolute Gasteiger partial charge is 0.385 e. The van der Waals surface area contributed by atoms with Crippen LogP contribution in [0.4, 0.5) is 8.78 Å². The highest BCUT2D eigenvalue weighted by molar-refractivity contribution is 9.10. The van der Waals surface area contributed by atoms with Gasteiger partial charge in [0.25, 0.3) is 0 Å². The van der Waals surface area contributed by atoms with Crippen LogP contribution in [0, 0.1) is 5.92 Å². The summed E-state index contributed by atoms with van der Waals surface area (Å²) in [6.45, 7) is 0.688. The van der Waals surface area contributed by atoms with Crippen molar-refractivity contribution in [2.45, 2.75) is 17.4 Å². The van der Waals surface area contributed by atoms with Crippen LogP contribution in [0.25, 0.3) is 0 Å². The summed E-state index contributed by atoms with van der Waals surface area (Å²) >= 11 is 2.12. The van der Waals surface area contributed by atoms with E-state index in [2.05, 4.69) is 15.9 Å². The molecular formula is C6H9BrF2O2.